The van der Waals surface area contributed by atoms with Crippen LogP contribution in [0.5, 0.6) is 0 Å². The van der Waals surface area contributed by atoms with E-state index in [0.29, 0.717) is 6.04 Å². The first-order valence-electron chi connectivity index (χ1n) is 4.41. The predicted molar refractivity (Wildman–Crippen MR) is 59.0 cm³/mol. The summed E-state index contributed by atoms with van der Waals surface area (Å²) in [6, 6.07) is 0.433. The molecule has 2 nitrogen and oxygen atoms in total. The molecule has 0 aliphatic heterocycles. The highest BCUT2D eigenvalue weighted by Gasteiger charge is 2.01. The Morgan fingerprint density at radius 2 is 2.38 bits per heavy atom. The van der Waals surface area contributed by atoms with Gasteiger partial charge in [0.1, 0.15) is 0 Å². The molecule has 0 bridgehead atoms. The number of nitrogens with zero attached hydrogens (tertiary/aromatic N) is 1. The van der Waals surface area contributed by atoms with Crippen LogP contribution in [0.2, 0.25) is 0 Å². The first-order chi connectivity index (χ1) is 6.13. The van der Waals surface area contributed by atoms with E-state index in [9.17, 15) is 0 Å². The molecule has 1 aromatic rings. The number of hydrogen-bond donors (Lipinski definition) is 1. The van der Waals surface area contributed by atoms with Crippen LogP contribution in [0.15, 0.2) is 11.8 Å². The third-order valence-electron chi connectivity index (χ3n) is 2.13. The van der Waals surface area contributed by atoms with Crippen molar-refractivity contribution in [2.45, 2.75) is 26.8 Å². The van der Waals surface area contributed by atoms with E-state index in [1.54, 1.807) is 11.3 Å². The van der Waals surface area contributed by atoms with Crippen LogP contribution in [-0.4, -0.2) is 18.1 Å². The molecule has 0 spiro atoms. The number of hydrogen-bond acceptors (Lipinski definition) is 3. The number of aryl methyl sites for hydroxylation is 1. The zero-order valence-corrected chi connectivity index (χ0v) is 9.40. The van der Waals surface area contributed by atoms with Crippen LogP contribution >= 0.6 is 11.3 Å². The van der Waals surface area contributed by atoms with Gasteiger partial charge in [-0.3, -0.25) is 0 Å². The maximum atomic E-state index is 4.21. The van der Waals surface area contributed by atoms with E-state index in [1.165, 1.54) is 10.5 Å². The Morgan fingerprint density at radius 3 is 2.85 bits per heavy atom. The first-order valence-corrected chi connectivity index (χ1v) is 5.23. The lowest BCUT2D eigenvalue weighted by Gasteiger charge is -2.09. The summed E-state index contributed by atoms with van der Waals surface area (Å²) in [6.45, 7) is 6.31. The number of thiazole rings is 1. The van der Waals surface area contributed by atoms with Gasteiger partial charge in [0.05, 0.1) is 5.01 Å². The molecule has 0 fully saturated rings. The molecule has 1 N–H and O–H groups in total. The Balaban J connectivity index is 2.76. The standard InChI is InChI=1S/C10H16N2S/c1-7(8(2)11-4)5-10-6-12-9(3)13-10/h5-6,8,11H,1-4H3/b7-5+. The average molecular weight is 196 g/mol. The fourth-order valence-electron chi connectivity index (χ4n) is 1.02. The molecular formula is C10H16N2S. The van der Waals surface area contributed by atoms with Crippen molar-refractivity contribution in [1.82, 2.24) is 10.3 Å². The number of nitrogens with one attached hydrogen (secondary N) is 1. The average Bonchev–Trinajstić information content (AvgIpc) is 2.49. The van der Waals surface area contributed by atoms with Crippen molar-refractivity contribution in [3.8, 4) is 0 Å². The van der Waals surface area contributed by atoms with Gasteiger partial charge in [0.2, 0.25) is 0 Å². The molecule has 1 aromatic heterocycles. The van der Waals surface area contributed by atoms with Crippen molar-refractivity contribution >= 4 is 17.4 Å². The minimum atomic E-state index is 0.433. The summed E-state index contributed by atoms with van der Waals surface area (Å²) in [5, 5.41) is 4.33. The van der Waals surface area contributed by atoms with E-state index in [2.05, 4.69) is 30.2 Å². The minimum absolute atomic E-state index is 0.433. The van der Waals surface area contributed by atoms with E-state index in [-0.39, 0.29) is 0 Å². The molecule has 0 aliphatic carbocycles. The van der Waals surface area contributed by atoms with Gasteiger partial charge in [-0.25, -0.2) is 4.98 Å². The van der Waals surface area contributed by atoms with Crippen molar-refractivity contribution in [3.05, 3.63) is 21.7 Å². The van der Waals surface area contributed by atoms with Gasteiger partial charge in [0, 0.05) is 17.1 Å². The highest BCUT2D eigenvalue weighted by molar-refractivity contribution is 7.12. The molecule has 0 radical (unpaired) electrons. The molecule has 72 valence electrons. The van der Waals surface area contributed by atoms with Crippen molar-refractivity contribution < 1.29 is 0 Å². The lowest BCUT2D eigenvalue weighted by atomic mass is 10.1. The Morgan fingerprint density at radius 1 is 1.69 bits per heavy atom. The third-order valence-corrected chi connectivity index (χ3v) is 2.98. The van der Waals surface area contributed by atoms with Gasteiger partial charge in [0.15, 0.2) is 0 Å². The van der Waals surface area contributed by atoms with E-state index in [4.69, 9.17) is 0 Å². The highest BCUT2D eigenvalue weighted by Crippen LogP contribution is 2.16. The summed E-state index contributed by atoms with van der Waals surface area (Å²) in [5.74, 6) is 0. The van der Waals surface area contributed by atoms with Crippen LogP contribution < -0.4 is 5.32 Å². The second kappa shape index (κ2) is 4.53. The zero-order chi connectivity index (χ0) is 9.84. The highest BCUT2D eigenvalue weighted by atomic mass is 32.1. The van der Waals surface area contributed by atoms with Crippen molar-refractivity contribution in [2.24, 2.45) is 0 Å². The smallest absolute Gasteiger partial charge is 0.0900 e. The van der Waals surface area contributed by atoms with E-state index in [0.717, 1.165) is 5.01 Å². The maximum absolute atomic E-state index is 4.21. The van der Waals surface area contributed by atoms with Gasteiger partial charge >= 0.3 is 0 Å². The predicted octanol–water partition coefficient (Wildman–Crippen LogP) is 2.46. The van der Waals surface area contributed by atoms with Gasteiger partial charge in [-0.2, -0.15) is 0 Å². The first kappa shape index (κ1) is 10.4. The fraction of sp³-hybridized carbons (Fsp3) is 0.500. The Labute approximate surface area is 83.7 Å². The Bertz CT molecular complexity index is 302. The molecule has 0 saturated carbocycles. The molecule has 1 atom stereocenters. The normalized spacial score (nSPS) is 14.6. The van der Waals surface area contributed by atoms with Crippen molar-refractivity contribution in [2.75, 3.05) is 7.05 Å². The SMILES string of the molecule is CNC(C)/C(C)=C/c1cnc(C)s1. The van der Waals surface area contributed by atoms with E-state index >= 15 is 0 Å². The molecule has 0 aliphatic rings. The van der Waals surface area contributed by atoms with Gasteiger partial charge in [0.25, 0.3) is 0 Å². The lowest BCUT2D eigenvalue weighted by Crippen LogP contribution is -2.21. The number of aromatic nitrogens is 1. The Kier molecular flexibility index (Phi) is 3.63. The molecular weight excluding hydrogens is 180 g/mol. The van der Waals surface area contributed by atoms with Gasteiger partial charge in [-0.05, 0) is 33.9 Å². The van der Waals surface area contributed by atoms with Crippen molar-refractivity contribution in [1.29, 1.82) is 0 Å². The topological polar surface area (TPSA) is 24.9 Å². The number of likely N-dealkylation sites (N-methyl/N-ethyl adjacent to an activating group) is 1. The maximum Gasteiger partial charge on any atom is 0.0900 e. The molecule has 1 rings (SSSR count). The summed E-state index contributed by atoms with van der Waals surface area (Å²) in [7, 11) is 1.97. The monoisotopic (exact) mass is 196 g/mol. The Hall–Kier alpha value is -0.670. The second-order valence-corrected chi connectivity index (χ2v) is 4.45. The fourth-order valence-corrected chi connectivity index (χ4v) is 1.82. The molecule has 1 unspecified atom stereocenters. The number of rotatable bonds is 3. The zero-order valence-electron chi connectivity index (χ0n) is 8.59. The van der Waals surface area contributed by atoms with Crippen LogP contribution in [0, 0.1) is 6.92 Å². The summed E-state index contributed by atoms with van der Waals surface area (Å²) < 4.78 is 0. The summed E-state index contributed by atoms with van der Waals surface area (Å²) in [5.41, 5.74) is 1.34. The van der Waals surface area contributed by atoms with Crippen LogP contribution in [0.1, 0.15) is 23.7 Å². The molecule has 0 saturated heterocycles. The van der Waals surface area contributed by atoms with Crippen molar-refractivity contribution in [3.63, 3.8) is 0 Å². The summed E-state index contributed by atoms with van der Waals surface area (Å²) in [4.78, 5) is 5.44. The van der Waals surface area contributed by atoms with E-state index < -0.39 is 0 Å². The lowest BCUT2D eigenvalue weighted by molar-refractivity contribution is 0.696. The van der Waals surface area contributed by atoms with Crippen LogP contribution in [0.25, 0.3) is 6.08 Å². The van der Waals surface area contributed by atoms with Gasteiger partial charge in [-0.15, -0.1) is 11.3 Å². The second-order valence-electron chi connectivity index (χ2n) is 3.18. The van der Waals surface area contributed by atoms with E-state index in [1.807, 2.05) is 20.2 Å². The minimum Gasteiger partial charge on any atom is -0.314 e. The molecule has 0 amide bonds. The van der Waals surface area contributed by atoms with Gasteiger partial charge in [-0.1, -0.05) is 5.57 Å². The van der Waals surface area contributed by atoms with Crippen LogP contribution in [0.4, 0.5) is 0 Å². The molecule has 0 aromatic carbocycles. The van der Waals surface area contributed by atoms with Gasteiger partial charge < -0.3 is 5.32 Å². The molecule has 3 heteroatoms. The summed E-state index contributed by atoms with van der Waals surface area (Å²) >= 11 is 1.73. The summed E-state index contributed by atoms with van der Waals surface area (Å²) in [6.07, 6.45) is 4.11. The largest absolute Gasteiger partial charge is 0.314 e. The molecule has 1 heterocycles. The van der Waals surface area contributed by atoms with Crippen LogP contribution in [-0.2, 0) is 0 Å². The quantitative estimate of drug-likeness (QED) is 0.803. The molecule has 13 heavy (non-hydrogen) atoms. The van der Waals surface area contributed by atoms with Crippen LogP contribution in [0.3, 0.4) is 0 Å². The third kappa shape index (κ3) is 2.94.